The molecule has 0 saturated carbocycles. The summed E-state index contributed by atoms with van der Waals surface area (Å²) < 4.78 is 4.80. The molecule has 0 unspecified atom stereocenters. The van der Waals surface area contributed by atoms with Gasteiger partial charge in [-0.05, 0) is 12.1 Å². The number of benzene rings is 1. The third kappa shape index (κ3) is 1.05. The molecule has 2 rings (SSSR count). The van der Waals surface area contributed by atoms with Gasteiger partial charge in [-0.25, -0.2) is 4.98 Å². The van der Waals surface area contributed by atoms with Gasteiger partial charge in [0.25, 0.3) is 0 Å². The van der Waals surface area contributed by atoms with Crippen LogP contribution in [0.25, 0.3) is 11.3 Å². The molecular formula is C9H7NO2. The lowest BCUT2D eigenvalue weighted by molar-refractivity contribution is 0.477. The molecule has 3 nitrogen and oxygen atoms in total. The molecule has 0 aliphatic rings. The lowest BCUT2D eigenvalue weighted by atomic mass is 10.1. The molecule has 0 spiro atoms. The predicted octanol–water partition coefficient (Wildman–Crippen LogP) is 2.05. The normalized spacial score (nSPS) is 10.0. The molecule has 2 aromatic rings. The van der Waals surface area contributed by atoms with Crippen LogP contribution in [0.3, 0.4) is 0 Å². The average molecular weight is 161 g/mol. The van der Waals surface area contributed by atoms with Crippen molar-refractivity contribution in [2.75, 3.05) is 0 Å². The first kappa shape index (κ1) is 6.91. The molecule has 0 amide bonds. The van der Waals surface area contributed by atoms with Crippen molar-refractivity contribution in [3.63, 3.8) is 0 Å². The third-order valence-electron chi connectivity index (χ3n) is 1.61. The molecule has 0 aliphatic heterocycles. The van der Waals surface area contributed by atoms with Gasteiger partial charge >= 0.3 is 0 Å². The van der Waals surface area contributed by atoms with Gasteiger partial charge in [-0.2, -0.15) is 0 Å². The van der Waals surface area contributed by atoms with Crippen LogP contribution in [0.5, 0.6) is 5.75 Å². The van der Waals surface area contributed by atoms with Crippen LogP contribution in [0.15, 0.2) is 41.3 Å². The van der Waals surface area contributed by atoms with Gasteiger partial charge in [0, 0.05) is 5.56 Å². The molecule has 1 N–H and O–H groups in total. The first-order valence-electron chi connectivity index (χ1n) is 3.54. The Morgan fingerprint density at radius 3 is 2.75 bits per heavy atom. The monoisotopic (exact) mass is 161 g/mol. The molecule has 0 aliphatic carbocycles. The van der Waals surface area contributed by atoms with Crippen LogP contribution in [0, 0.1) is 0 Å². The molecule has 0 bridgehead atoms. The number of rotatable bonds is 1. The predicted molar refractivity (Wildman–Crippen MR) is 43.6 cm³/mol. The van der Waals surface area contributed by atoms with E-state index in [2.05, 4.69) is 4.98 Å². The maximum Gasteiger partial charge on any atom is 0.181 e. The second-order valence-electron chi connectivity index (χ2n) is 2.39. The number of phenols is 1. The Labute approximate surface area is 69.3 Å². The average Bonchev–Trinajstić information content (AvgIpc) is 2.57. The van der Waals surface area contributed by atoms with Crippen LogP contribution in [0.2, 0.25) is 0 Å². The molecule has 1 heterocycles. The maximum absolute atomic E-state index is 9.40. The summed E-state index contributed by atoms with van der Waals surface area (Å²) in [5.41, 5.74) is 1.33. The van der Waals surface area contributed by atoms with Crippen LogP contribution in [-0.4, -0.2) is 10.1 Å². The van der Waals surface area contributed by atoms with E-state index >= 15 is 0 Å². The van der Waals surface area contributed by atoms with Crippen molar-refractivity contribution >= 4 is 0 Å². The van der Waals surface area contributed by atoms with Crippen molar-refractivity contribution < 1.29 is 9.52 Å². The van der Waals surface area contributed by atoms with Crippen molar-refractivity contribution in [2.24, 2.45) is 0 Å². The molecule has 0 radical (unpaired) electrons. The van der Waals surface area contributed by atoms with Gasteiger partial charge in [-0.1, -0.05) is 12.1 Å². The van der Waals surface area contributed by atoms with Gasteiger partial charge in [0.2, 0.25) is 0 Å². The number of para-hydroxylation sites is 1. The van der Waals surface area contributed by atoms with Crippen molar-refractivity contribution in [3.8, 4) is 17.0 Å². The summed E-state index contributed by atoms with van der Waals surface area (Å²) in [7, 11) is 0. The highest BCUT2D eigenvalue weighted by molar-refractivity contribution is 5.65. The van der Waals surface area contributed by atoms with Crippen LogP contribution in [-0.2, 0) is 0 Å². The summed E-state index contributed by atoms with van der Waals surface area (Å²) in [6.07, 6.45) is 2.83. The zero-order chi connectivity index (χ0) is 8.39. The fourth-order valence-electron chi connectivity index (χ4n) is 1.04. The quantitative estimate of drug-likeness (QED) is 0.696. The molecular weight excluding hydrogens is 154 g/mol. The molecule has 0 saturated heterocycles. The lowest BCUT2D eigenvalue weighted by Gasteiger charge is -1.97. The van der Waals surface area contributed by atoms with Crippen molar-refractivity contribution in [1.29, 1.82) is 0 Å². The van der Waals surface area contributed by atoms with E-state index in [1.165, 1.54) is 12.7 Å². The Morgan fingerprint density at radius 1 is 1.25 bits per heavy atom. The number of aromatic nitrogens is 1. The molecule has 1 aromatic carbocycles. The Morgan fingerprint density at radius 2 is 2.08 bits per heavy atom. The number of hydrogen-bond donors (Lipinski definition) is 1. The van der Waals surface area contributed by atoms with Gasteiger partial charge in [0.1, 0.15) is 17.7 Å². The van der Waals surface area contributed by atoms with E-state index in [-0.39, 0.29) is 5.75 Å². The largest absolute Gasteiger partial charge is 0.507 e. The van der Waals surface area contributed by atoms with E-state index in [9.17, 15) is 5.11 Å². The van der Waals surface area contributed by atoms with E-state index < -0.39 is 0 Å². The fraction of sp³-hybridized carbons (Fsp3) is 0. The van der Waals surface area contributed by atoms with Gasteiger partial charge in [0.15, 0.2) is 6.39 Å². The van der Waals surface area contributed by atoms with Crippen LogP contribution >= 0.6 is 0 Å². The van der Waals surface area contributed by atoms with Crippen molar-refractivity contribution in [2.45, 2.75) is 0 Å². The highest BCUT2D eigenvalue weighted by Gasteiger charge is 2.04. The highest BCUT2D eigenvalue weighted by Crippen LogP contribution is 2.26. The Bertz CT molecular complexity index is 368. The smallest absolute Gasteiger partial charge is 0.181 e. The summed E-state index contributed by atoms with van der Waals surface area (Å²) in [6.45, 7) is 0. The molecule has 0 fully saturated rings. The zero-order valence-electron chi connectivity index (χ0n) is 6.27. The standard InChI is InChI=1S/C9H7NO2/c11-9-4-2-1-3-7(9)8-5-12-6-10-8/h1-6,11H. The minimum Gasteiger partial charge on any atom is -0.507 e. The second-order valence-corrected chi connectivity index (χ2v) is 2.39. The van der Waals surface area contributed by atoms with E-state index in [1.54, 1.807) is 18.2 Å². The molecule has 60 valence electrons. The lowest BCUT2D eigenvalue weighted by Crippen LogP contribution is -1.76. The Hall–Kier alpha value is -1.77. The second kappa shape index (κ2) is 2.70. The summed E-state index contributed by atoms with van der Waals surface area (Å²) in [6, 6.07) is 7.00. The summed E-state index contributed by atoms with van der Waals surface area (Å²) in [5.74, 6) is 0.214. The number of phenolic OH excluding ortho intramolecular Hbond substituents is 1. The highest BCUT2D eigenvalue weighted by atomic mass is 16.3. The van der Waals surface area contributed by atoms with Crippen LogP contribution in [0.4, 0.5) is 0 Å². The molecule has 0 atom stereocenters. The van der Waals surface area contributed by atoms with Crippen molar-refractivity contribution in [3.05, 3.63) is 36.9 Å². The summed E-state index contributed by atoms with van der Waals surface area (Å²) in [4.78, 5) is 3.92. The van der Waals surface area contributed by atoms with Gasteiger partial charge in [-0.15, -0.1) is 0 Å². The number of hydrogen-bond acceptors (Lipinski definition) is 3. The zero-order valence-corrected chi connectivity index (χ0v) is 6.27. The van der Waals surface area contributed by atoms with E-state index in [4.69, 9.17) is 4.42 Å². The summed E-state index contributed by atoms with van der Waals surface area (Å²) >= 11 is 0. The first-order valence-corrected chi connectivity index (χ1v) is 3.54. The molecule has 1 aromatic heterocycles. The van der Waals surface area contributed by atoms with E-state index in [1.807, 2.05) is 6.07 Å². The van der Waals surface area contributed by atoms with Crippen LogP contribution < -0.4 is 0 Å². The molecule has 3 heteroatoms. The Balaban J connectivity index is 2.55. The van der Waals surface area contributed by atoms with Gasteiger partial charge in [-0.3, -0.25) is 0 Å². The molecule has 12 heavy (non-hydrogen) atoms. The Kier molecular flexibility index (Phi) is 1.55. The maximum atomic E-state index is 9.40. The minimum absolute atomic E-state index is 0.214. The summed E-state index contributed by atoms with van der Waals surface area (Å²) in [5, 5.41) is 9.40. The third-order valence-corrected chi connectivity index (χ3v) is 1.61. The van der Waals surface area contributed by atoms with E-state index in [0.717, 1.165) is 0 Å². The van der Waals surface area contributed by atoms with Crippen LogP contribution in [0.1, 0.15) is 0 Å². The van der Waals surface area contributed by atoms with Gasteiger partial charge < -0.3 is 9.52 Å². The minimum atomic E-state index is 0.214. The number of oxazole rings is 1. The topological polar surface area (TPSA) is 46.3 Å². The SMILES string of the molecule is Oc1ccccc1-c1cocn1. The van der Waals surface area contributed by atoms with E-state index in [0.29, 0.717) is 11.3 Å². The first-order chi connectivity index (χ1) is 5.88. The van der Waals surface area contributed by atoms with Crippen molar-refractivity contribution in [1.82, 2.24) is 4.98 Å². The number of nitrogens with zero attached hydrogens (tertiary/aromatic N) is 1. The fourth-order valence-corrected chi connectivity index (χ4v) is 1.04. The van der Waals surface area contributed by atoms with Gasteiger partial charge in [0.05, 0.1) is 0 Å². The number of aromatic hydroxyl groups is 1.